The summed E-state index contributed by atoms with van der Waals surface area (Å²) in [6, 6.07) is 7.77. The molecular formula is C14H17IO4. The second-order valence-corrected chi connectivity index (χ2v) is 5.19. The summed E-state index contributed by atoms with van der Waals surface area (Å²) in [5, 5.41) is 0. The quantitative estimate of drug-likeness (QED) is 0.542. The lowest BCUT2D eigenvalue weighted by molar-refractivity contribution is -0.146. The normalized spacial score (nSPS) is 10.0. The molecule has 0 saturated carbocycles. The molecule has 1 aromatic carbocycles. The number of hydrogen-bond donors (Lipinski definition) is 0. The maximum absolute atomic E-state index is 11.4. The second-order valence-electron chi connectivity index (χ2n) is 3.95. The summed E-state index contributed by atoms with van der Waals surface area (Å²) < 4.78 is 11.0. The van der Waals surface area contributed by atoms with Gasteiger partial charge in [-0.25, -0.2) is 0 Å². The minimum Gasteiger partial charge on any atom is -0.466 e. The molecular weight excluding hydrogens is 359 g/mol. The van der Waals surface area contributed by atoms with Crippen LogP contribution in [0, 0.1) is 3.57 Å². The van der Waals surface area contributed by atoms with Gasteiger partial charge in [0.05, 0.1) is 6.61 Å². The predicted octanol–water partition coefficient (Wildman–Crippen LogP) is 3.07. The molecule has 0 atom stereocenters. The standard InChI is InChI=1S/C14H17IO4/c1-2-18-13(16)4-3-5-14(17)19-10-11-6-8-12(15)9-7-11/h6-9H,2-5,10H2,1H3. The molecule has 0 saturated heterocycles. The fourth-order valence-electron chi connectivity index (χ4n) is 1.43. The maximum atomic E-state index is 11.4. The van der Waals surface area contributed by atoms with Crippen LogP contribution in [0.25, 0.3) is 0 Å². The van der Waals surface area contributed by atoms with E-state index in [0.717, 1.165) is 9.13 Å². The van der Waals surface area contributed by atoms with Crippen LogP contribution < -0.4 is 0 Å². The molecule has 1 rings (SSSR count). The van der Waals surface area contributed by atoms with E-state index in [1.54, 1.807) is 6.92 Å². The number of carbonyl (C=O) groups is 2. The Morgan fingerprint density at radius 1 is 1.05 bits per heavy atom. The number of carbonyl (C=O) groups excluding carboxylic acids is 2. The third-order valence-electron chi connectivity index (χ3n) is 2.38. The van der Waals surface area contributed by atoms with Crippen LogP contribution in [0.4, 0.5) is 0 Å². The average molecular weight is 376 g/mol. The minimum atomic E-state index is -0.289. The van der Waals surface area contributed by atoms with Gasteiger partial charge >= 0.3 is 11.9 Å². The molecule has 0 bridgehead atoms. The van der Waals surface area contributed by atoms with Gasteiger partial charge in [0.25, 0.3) is 0 Å². The van der Waals surface area contributed by atoms with Crippen molar-refractivity contribution in [1.29, 1.82) is 0 Å². The summed E-state index contributed by atoms with van der Waals surface area (Å²) in [6.07, 6.45) is 0.958. The molecule has 0 aliphatic heterocycles. The van der Waals surface area contributed by atoms with E-state index in [9.17, 15) is 9.59 Å². The van der Waals surface area contributed by atoms with E-state index in [1.807, 2.05) is 24.3 Å². The van der Waals surface area contributed by atoms with Crippen LogP contribution in [0.15, 0.2) is 24.3 Å². The topological polar surface area (TPSA) is 52.6 Å². The highest BCUT2D eigenvalue weighted by molar-refractivity contribution is 14.1. The summed E-state index contributed by atoms with van der Waals surface area (Å²) >= 11 is 2.22. The Kier molecular flexibility index (Phi) is 7.47. The smallest absolute Gasteiger partial charge is 0.306 e. The van der Waals surface area contributed by atoms with Crippen molar-refractivity contribution in [1.82, 2.24) is 0 Å². The highest BCUT2D eigenvalue weighted by Gasteiger charge is 2.07. The van der Waals surface area contributed by atoms with Crippen molar-refractivity contribution >= 4 is 34.5 Å². The van der Waals surface area contributed by atoms with E-state index in [0.29, 0.717) is 13.0 Å². The van der Waals surface area contributed by atoms with Crippen LogP contribution in [0.5, 0.6) is 0 Å². The Labute approximate surface area is 126 Å². The molecule has 4 nitrogen and oxygen atoms in total. The van der Waals surface area contributed by atoms with Crippen molar-refractivity contribution in [3.63, 3.8) is 0 Å². The highest BCUT2D eigenvalue weighted by Crippen LogP contribution is 2.08. The largest absolute Gasteiger partial charge is 0.466 e. The van der Waals surface area contributed by atoms with Crippen molar-refractivity contribution in [3.8, 4) is 0 Å². The summed E-state index contributed by atoms with van der Waals surface area (Å²) in [5.41, 5.74) is 0.958. The van der Waals surface area contributed by atoms with E-state index in [1.165, 1.54) is 0 Å². The zero-order chi connectivity index (χ0) is 14.1. The number of ether oxygens (including phenoxy) is 2. The monoisotopic (exact) mass is 376 g/mol. The molecule has 0 spiro atoms. The van der Waals surface area contributed by atoms with Crippen LogP contribution in [0.3, 0.4) is 0 Å². The molecule has 0 amide bonds. The maximum Gasteiger partial charge on any atom is 0.306 e. The van der Waals surface area contributed by atoms with Gasteiger partial charge in [-0.2, -0.15) is 0 Å². The lowest BCUT2D eigenvalue weighted by Crippen LogP contribution is -2.08. The first-order valence-electron chi connectivity index (χ1n) is 6.17. The van der Waals surface area contributed by atoms with Gasteiger partial charge in [0.2, 0.25) is 0 Å². The molecule has 5 heteroatoms. The van der Waals surface area contributed by atoms with Gasteiger partial charge in [-0.3, -0.25) is 9.59 Å². The van der Waals surface area contributed by atoms with Gasteiger partial charge in [0.15, 0.2) is 0 Å². The van der Waals surface area contributed by atoms with E-state index < -0.39 is 0 Å². The first-order chi connectivity index (χ1) is 9.11. The van der Waals surface area contributed by atoms with E-state index in [2.05, 4.69) is 22.6 Å². The Morgan fingerprint density at radius 3 is 2.21 bits per heavy atom. The SMILES string of the molecule is CCOC(=O)CCCC(=O)OCc1ccc(I)cc1. The fraction of sp³-hybridized carbons (Fsp3) is 0.429. The second kappa shape index (κ2) is 8.90. The molecule has 1 aromatic rings. The molecule has 104 valence electrons. The molecule has 19 heavy (non-hydrogen) atoms. The van der Waals surface area contributed by atoms with Gasteiger partial charge in [0, 0.05) is 16.4 Å². The number of hydrogen-bond acceptors (Lipinski definition) is 4. The number of esters is 2. The lowest BCUT2D eigenvalue weighted by atomic mass is 10.2. The van der Waals surface area contributed by atoms with Crippen molar-refractivity contribution in [2.75, 3.05) is 6.61 Å². The van der Waals surface area contributed by atoms with Gasteiger partial charge < -0.3 is 9.47 Å². The van der Waals surface area contributed by atoms with Crippen LogP contribution in [-0.4, -0.2) is 18.5 Å². The van der Waals surface area contributed by atoms with Crippen LogP contribution in [0.1, 0.15) is 31.7 Å². The van der Waals surface area contributed by atoms with Gasteiger partial charge in [-0.15, -0.1) is 0 Å². The molecule has 0 heterocycles. The van der Waals surface area contributed by atoms with Gasteiger partial charge in [-0.05, 0) is 53.6 Å². The zero-order valence-corrected chi connectivity index (χ0v) is 13.0. The Bertz CT molecular complexity index is 414. The lowest BCUT2D eigenvalue weighted by Gasteiger charge is -2.05. The number of rotatable bonds is 7. The van der Waals surface area contributed by atoms with Crippen molar-refractivity contribution in [3.05, 3.63) is 33.4 Å². The third kappa shape index (κ3) is 7.15. The Hall–Kier alpha value is -1.11. The molecule has 0 aromatic heterocycles. The molecule has 0 unspecified atom stereocenters. The summed E-state index contributed by atoms with van der Waals surface area (Å²) in [5.74, 6) is -0.559. The average Bonchev–Trinajstić information content (AvgIpc) is 2.38. The zero-order valence-electron chi connectivity index (χ0n) is 10.9. The Morgan fingerprint density at radius 2 is 1.63 bits per heavy atom. The van der Waals surface area contributed by atoms with Crippen LogP contribution in [-0.2, 0) is 25.7 Å². The van der Waals surface area contributed by atoms with Gasteiger partial charge in [0.1, 0.15) is 6.61 Å². The van der Waals surface area contributed by atoms with E-state index in [-0.39, 0.29) is 31.4 Å². The predicted molar refractivity (Wildman–Crippen MR) is 79.4 cm³/mol. The molecule has 0 aliphatic carbocycles. The summed E-state index contributed by atoms with van der Waals surface area (Å²) in [4.78, 5) is 22.5. The van der Waals surface area contributed by atoms with Crippen molar-refractivity contribution in [2.45, 2.75) is 32.8 Å². The highest BCUT2D eigenvalue weighted by atomic mass is 127. The van der Waals surface area contributed by atoms with E-state index >= 15 is 0 Å². The van der Waals surface area contributed by atoms with Crippen molar-refractivity contribution < 1.29 is 19.1 Å². The Balaban J connectivity index is 2.17. The molecule has 0 radical (unpaired) electrons. The number of benzene rings is 1. The van der Waals surface area contributed by atoms with E-state index in [4.69, 9.17) is 9.47 Å². The molecule has 0 N–H and O–H groups in total. The summed E-state index contributed by atoms with van der Waals surface area (Å²) in [6.45, 7) is 2.40. The minimum absolute atomic E-state index is 0.239. The first-order valence-corrected chi connectivity index (χ1v) is 7.25. The van der Waals surface area contributed by atoms with Crippen LogP contribution >= 0.6 is 22.6 Å². The third-order valence-corrected chi connectivity index (χ3v) is 3.10. The first kappa shape index (κ1) is 15.9. The van der Waals surface area contributed by atoms with Gasteiger partial charge in [-0.1, -0.05) is 12.1 Å². The molecule has 0 fully saturated rings. The molecule has 0 aliphatic rings. The fourth-order valence-corrected chi connectivity index (χ4v) is 1.79. The number of halogens is 1. The van der Waals surface area contributed by atoms with Crippen LogP contribution in [0.2, 0.25) is 0 Å². The summed E-state index contributed by atoms with van der Waals surface area (Å²) in [7, 11) is 0. The van der Waals surface area contributed by atoms with Crippen molar-refractivity contribution in [2.24, 2.45) is 0 Å².